The van der Waals surface area contributed by atoms with Crippen LogP contribution in [0.25, 0.3) is 32.3 Å². The summed E-state index contributed by atoms with van der Waals surface area (Å²) < 4.78 is 0. The van der Waals surface area contributed by atoms with Crippen molar-refractivity contribution in [3.63, 3.8) is 0 Å². The monoisotopic (exact) mass is 262 g/mol. The zero-order chi connectivity index (χ0) is 13.3. The van der Waals surface area contributed by atoms with Crippen LogP contribution >= 0.6 is 0 Å². The van der Waals surface area contributed by atoms with Gasteiger partial charge in [0.25, 0.3) is 0 Å². The molecule has 3 aliphatic carbocycles. The maximum absolute atomic E-state index is 3.47. The second-order valence-electron chi connectivity index (χ2n) is 6.76. The first-order valence-electron chi connectivity index (χ1n) is 7.69. The van der Waals surface area contributed by atoms with Crippen molar-refractivity contribution in [1.82, 2.24) is 0 Å². The summed E-state index contributed by atoms with van der Waals surface area (Å²) in [4.78, 5) is 0. The second kappa shape index (κ2) is 2.63. The van der Waals surface area contributed by atoms with Crippen LogP contribution in [0.4, 0.5) is 0 Å². The molecule has 0 unspecified atom stereocenters. The SMILES string of the molecule is c1c2c3c4c(c#1)Cc1ccc5c(c14)c1c(ccc(c31)C2)C5. The zero-order valence-electron chi connectivity index (χ0n) is 11.4. The maximum Gasteiger partial charge on any atom is 0.0153 e. The van der Waals surface area contributed by atoms with Crippen LogP contribution in [0.5, 0.6) is 0 Å². The summed E-state index contributed by atoms with van der Waals surface area (Å²) in [6.45, 7) is 0. The van der Waals surface area contributed by atoms with Gasteiger partial charge in [-0.3, -0.25) is 0 Å². The average molecular weight is 262 g/mol. The molecule has 7 rings (SSSR count). The summed E-state index contributed by atoms with van der Waals surface area (Å²) in [5, 5.41) is 9.18. The number of hydrogen-bond acceptors (Lipinski definition) is 0. The topological polar surface area (TPSA) is 0 Å². The van der Waals surface area contributed by atoms with E-state index in [1.165, 1.54) is 54.9 Å². The summed E-state index contributed by atoms with van der Waals surface area (Å²) in [5.41, 5.74) is 8.78. The van der Waals surface area contributed by atoms with Crippen LogP contribution in [0, 0.1) is 12.1 Å². The van der Waals surface area contributed by atoms with Gasteiger partial charge in [0.1, 0.15) is 0 Å². The molecule has 0 atom stereocenters. The van der Waals surface area contributed by atoms with Gasteiger partial charge in [0, 0.05) is 34.7 Å². The molecule has 0 amide bonds. The Morgan fingerprint density at radius 1 is 0.476 bits per heavy atom. The van der Waals surface area contributed by atoms with Crippen molar-refractivity contribution in [2.75, 3.05) is 0 Å². The van der Waals surface area contributed by atoms with Crippen LogP contribution in [0.2, 0.25) is 0 Å². The summed E-state index contributed by atoms with van der Waals surface area (Å²) in [6.07, 6.45) is 3.19. The lowest BCUT2D eigenvalue weighted by atomic mass is 9.95. The van der Waals surface area contributed by atoms with Gasteiger partial charge < -0.3 is 0 Å². The van der Waals surface area contributed by atoms with Crippen LogP contribution in [-0.2, 0) is 19.3 Å². The number of hydrogen-bond donors (Lipinski definition) is 0. The maximum atomic E-state index is 3.47. The van der Waals surface area contributed by atoms with Crippen molar-refractivity contribution >= 4 is 32.3 Å². The first-order valence-corrected chi connectivity index (χ1v) is 7.69. The Morgan fingerprint density at radius 2 is 0.857 bits per heavy atom. The first-order chi connectivity index (χ1) is 10.4. The molecule has 0 aliphatic heterocycles. The zero-order valence-corrected chi connectivity index (χ0v) is 11.4. The highest BCUT2D eigenvalue weighted by molar-refractivity contribution is 6.32. The van der Waals surface area contributed by atoms with Gasteiger partial charge in [0.2, 0.25) is 0 Å². The third kappa shape index (κ3) is 0.797. The summed E-state index contributed by atoms with van der Waals surface area (Å²) in [6, 6.07) is 16.3. The molecule has 0 saturated heterocycles. The van der Waals surface area contributed by atoms with Crippen molar-refractivity contribution in [2.45, 2.75) is 19.3 Å². The Morgan fingerprint density at radius 3 is 1.33 bits per heavy atom. The highest BCUT2D eigenvalue weighted by Gasteiger charge is 2.30. The quantitative estimate of drug-likeness (QED) is 0.354. The van der Waals surface area contributed by atoms with Gasteiger partial charge in [0.15, 0.2) is 0 Å². The van der Waals surface area contributed by atoms with Crippen LogP contribution in [-0.4, -0.2) is 0 Å². The molecule has 3 aliphatic rings. The third-order valence-electron chi connectivity index (χ3n) is 5.84. The molecule has 0 spiro atoms. The van der Waals surface area contributed by atoms with Gasteiger partial charge in [-0.1, -0.05) is 36.4 Å². The van der Waals surface area contributed by atoms with Crippen LogP contribution in [0.1, 0.15) is 33.4 Å². The molecule has 94 valence electrons. The molecule has 0 heteroatoms. The minimum Gasteiger partial charge on any atom is -0.0654 e. The van der Waals surface area contributed by atoms with E-state index in [1.807, 2.05) is 0 Å². The van der Waals surface area contributed by atoms with Gasteiger partial charge in [0.05, 0.1) is 0 Å². The largest absolute Gasteiger partial charge is 0.0654 e. The van der Waals surface area contributed by atoms with E-state index < -0.39 is 0 Å². The van der Waals surface area contributed by atoms with E-state index in [0.717, 1.165) is 19.3 Å². The van der Waals surface area contributed by atoms with Crippen molar-refractivity contribution in [3.8, 4) is 0 Å². The summed E-state index contributed by atoms with van der Waals surface area (Å²) >= 11 is 0. The van der Waals surface area contributed by atoms with Crippen LogP contribution in [0.3, 0.4) is 0 Å². The molecule has 4 aromatic rings. The fourth-order valence-corrected chi connectivity index (χ4v) is 5.09. The lowest BCUT2D eigenvalue weighted by molar-refractivity contribution is 1.24. The van der Waals surface area contributed by atoms with Crippen LogP contribution < -0.4 is 0 Å². The highest BCUT2D eigenvalue weighted by atomic mass is 14.3. The van der Waals surface area contributed by atoms with E-state index in [2.05, 4.69) is 36.4 Å². The van der Waals surface area contributed by atoms with E-state index in [9.17, 15) is 0 Å². The lowest BCUT2D eigenvalue weighted by Gasteiger charge is -2.07. The Balaban J connectivity index is 2.04. The Hall–Kier alpha value is -2.52. The van der Waals surface area contributed by atoms with E-state index in [-0.39, 0.29) is 0 Å². The van der Waals surface area contributed by atoms with Crippen molar-refractivity contribution in [3.05, 3.63) is 69.8 Å². The molecule has 0 N–H and O–H groups in total. The minimum absolute atomic E-state index is 1.04. The standard InChI is InChI=1S/C21H10/c1-2-11-8-13-5-6-15-9-14-4-3-12-7-10(1)16-17(11)19(13)21(15)20(14)18(12)16/h1-4H,7-9H2. The third-order valence-corrected chi connectivity index (χ3v) is 5.84. The van der Waals surface area contributed by atoms with Gasteiger partial charge in [-0.15, -0.1) is 0 Å². The Kier molecular flexibility index (Phi) is 1.18. The smallest absolute Gasteiger partial charge is 0.0153 e. The lowest BCUT2D eigenvalue weighted by Crippen LogP contribution is -1.83. The molecular weight excluding hydrogens is 252 g/mol. The number of rotatable bonds is 0. The molecular formula is C21H10. The van der Waals surface area contributed by atoms with E-state index >= 15 is 0 Å². The molecule has 21 heavy (non-hydrogen) atoms. The van der Waals surface area contributed by atoms with Gasteiger partial charge >= 0.3 is 0 Å². The summed E-state index contributed by atoms with van der Waals surface area (Å²) in [5.74, 6) is 0. The van der Waals surface area contributed by atoms with E-state index in [0.29, 0.717) is 0 Å². The van der Waals surface area contributed by atoms with Gasteiger partial charge in [-0.25, -0.2) is 0 Å². The first kappa shape index (κ1) is 9.42. The molecule has 0 aromatic heterocycles. The Bertz CT molecular complexity index is 920. The van der Waals surface area contributed by atoms with E-state index in [1.54, 1.807) is 10.8 Å². The number of benzene rings is 3. The fraction of sp³-hybridized carbons (Fsp3) is 0.143. The molecule has 0 bridgehead atoms. The van der Waals surface area contributed by atoms with E-state index in [4.69, 9.17) is 0 Å². The molecule has 0 radical (unpaired) electrons. The summed E-state index contributed by atoms with van der Waals surface area (Å²) in [7, 11) is 0. The predicted octanol–water partition coefficient (Wildman–Crippen LogP) is 4.46. The second-order valence-corrected chi connectivity index (χ2v) is 6.76. The van der Waals surface area contributed by atoms with Gasteiger partial charge in [-0.2, -0.15) is 0 Å². The van der Waals surface area contributed by atoms with Crippen molar-refractivity contribution in [2.24, 2.45) is 0 Å². The normalized spacial score (nSPS) is 15.6. The molecule has 0 fully saturated rings. The average Bonchev–Trinajstić information content (AvgIpc) is 3.14. The minimum atomic E-state index is 1.04. The van der Waals surface area contributed by atoms with Crippen molar-refractivity contribution in [1.29, 1.82) is 0 Å². The molecule has 4 aromatic carbocycles. The Labute approximate surface area is 122 Å². The molecule has 0 nitrogen and oxygen atoms in total. The highest BCUT2D eigenvalue weighted by Crippen LogP contribution is 2.51. The fourth-order valence-electron chi connectivity index (χ4n) is 5.09. The predicted molar refractivity (Wildman–Crippen MR) is 85.1 cm³/mol. The van der Waals surface area contributed by atoms with Crippen molar-refractivity contribution < 1.29 is 0 Å². The van der Waals surface area contributed by atoms with Gasteiger partial charge in [-0.05, 0) is 50.2 Å². The molecule has 0 saturated carbocycles. The van der Waals surface area contributed by atoms with Crippen LogP contribution in [0.15, 0.2) is 24.3 Å². The molecule has 0 heterocycles.